The SMILES string of the molecule is O=P(c1ccccc1)(c1ccccc1)C1C2CC3CC(C2)CC1C3. The lowest BCUT2D eigenvalue weighted by molar-refractivity contribution is 0.0238. The van der Waals surface area contributed by atoms with Crippen molar-refractivity contribution in [3.63, 3.8) is 0 Å². The van der Waals surface area contributed by atoms with Crippen LogP contribution in [-0.4, -0.2) is 5.66 Å². The van der Waals surface area contributed by atoms with Crippen molar-refractivity contribution >= 4 is 17.8 Å². The molecule has 124 valence electrons. The number of hydrogen-bond acceptors (Lipinski definition) is 1. The zero-order valence-corrected chi connectivity index (χ0v) is 14.9. The molecule has 0 atom stereocenters. The Morgan fingerprint density at radius 1 is 0.625 bits per heavy atom. The summed E-state index contributed by atoms with van der Waals surface area (Å²) in [5.41, 5.74) is 0.370. The summed E-state index contributed by atoms with van der Waals surface area (Å²) in [7, 11) is -2.58. The molecule has 0 spiro atoms. The maximum absolute atomic E-state index is 14.7. The minimum atomic E-state index is -2.58. The van der Waals surface area contributed by atoms with Crippen LogP contribution in [0.25, 0.3) is 0 Å². The van der Waals surface area contributed by atoms with Crippen molar-refractivity contribution in [2.45, 2.75) is 37.8 Å². The van der Waals surface area contributed by atoms with Gasteiger partial charge < -0.3 is 4.57 Å². The summed E-state index contributed by atoms with van der Waals surface area (Å²) in [5, 5.41) is 2.15. The highest BCUT2D eigenvalue weighted by Gasteiger charge is 2.55. The van der Waals surface area contributed by atoms with Crippen LogP contribution in [0.4, 0.5) is 0 Å². The van der Waals surface area contributed by atoms with E-state index in [-0.39, 0.29) is 0 Å². The normalized spacial score (nSPS) is 34.4. The molecule has 2 aromatic carbocycles. The van der Waals surface area contributed by atoms with Gasteiger partial charge in [0.2, 0.25) is 0 Å². The van der Waals surface area contributed by atoms with E-state index in [1.165, 1.54) is 32.1 Å². The molecule has 0 amide bonds. The van der Waals surface area contributed by atoms with Crippen LogP contribution in [0, 0.1) is 23.7 Å². The van der Waals surface area contributed by atoms with Gasteiger partial charge in [-0.15, -0.1) is 0 Å². The minimum absolute atomic E-state index is 0.370. The smallest absolute Gasteiger partial charge is 0.146 e. The van der Waals surface area contributed by atoms with E-state index < -0.39 is 7.14 Å². The fraction of sp³-hybridized carbons (Fsp3) is 0.455. The van der Waals surface area contributed by atoms with Gasteiger partial charge in [-0.1, -0.05) is 60.7 Å². The molecule has 0 unspecified atom stereocenters. The van der Waals surface area contributed by atoms with E-state index in [1.54, 1.807) is 0 Å². The van der Waals surface area contributed by atoms with Crippen molar-refractivity contribution in [1.82, 2.24) is 0 Å². The van der Waals surface area contributed by atoms with Crippen LogP contribution in [0.2, 0.25) is 0 Å². The average molecular weight is 336 g/mol. The maximum atomic E-state index is 14.7. The highest BCUT2D eigenvalue weighted by atomic mass is 31.2. The molecular weight excluding hydrogens is 311 g/mol. The molecule has 2 aromatic rings. The van der Waals surface area contributed by atoms with Crippen LogP contribution >= 0.6 is 7.14 Å². The lowest BCUT2D eigenvalue weighted by Crippen LogP contribution is -2.50. The Hall–Kier alpha value is -1.33. The molecule has 0 N–H and O–H groups in total. The Balaban J connectivity index is 1.66. The molecular formula is C22H25OP. The first-order chi connectivity index (χ1) is 11.7. The largest absolute Gasteiger partial charge is 0.313 e. The fourth-order valence-electron chi connectivity index (χ4n) is 6.28. The second kappa shape index (κ2) is 5.60. The molecule has 0 radical (unpaired) electrons. The van der Waals surface area contributed by atoms with E-state index in [0.29, 0.717) is 17.5 Å². The summed E-state index contributed by atoms with van der Waals surface area (Å²) in [6.45, 7) is 0. The first-order valence-corrected chi connectivity index (χ1v) is 11.2. The number of benzene rings is 2. The molecule has 4 aliphatic rings. The van der Waals surface area contributed by atoms with Crippen molar-refractivity contribution < 1.29 is 4.57 Å². The zero-order valence-electron chi connectivity index (χ0n) is 14.1. The van der Waals surface area contributed by atoms with Crippen LogP contribution in [0.1, 0.15) is 32.1 Å². The first kappa shape index (κ1) is 15.0. The highest BCUT2D eigenvalue weighted by molar-refractivity contribution is 7.79. The third-order valence-corrected chi connectivity index (χ3v) is 10.7. The van der Waals surface area contributed by atoms with Gasteiger partial charge in [-0.3, -0.25) is 0 Å². The van der Waals surface area contributed by atoms with Gasteiger partial charge in [0.15, 0.2) is 0 Å². The quantitative estimate of drug-likeness (QED) is 0.734. The fourth-order valence-corrected chi connectivity index (χ4v) is 10.2. The third-order valence-electron chi connectivity index (χ3n) is 6.88. The summed E-state index contributed by atoms with van der Waals surface area (Å²) in [4.78, 5) is 0. The molecule has 4 aliphatic carbocycles. The van der Waals surface area contributed by atoms with Crippen molar-refractivity contribution in [3.8, 4) is 0 Å². The minimum Gasteiger partial charge on any atom is -0.313 e. The van der Waals surface area contributed by atoms with Crippen LogP contribution < -0.4 is 10.6 Å². The third kappa shape index (κ3) is 2.17. The number of hydrogen-bond donors (Lipinski definition) is 0. The van der Waals surface area contributed by atoms with Gasteiger partial charge in [0.25, 0.3) is 0 Å². The summed E-state index contributed by atoms with van der Waals surface area (Å²) in [6.07, 6.45) is 6.73. The Labute approximate surface area is 144 Å². The van der Waals surface area contributed by atoms with Gasteiger partial charge in [0, 0.05) is 16.3 Å². The Morgan fingerprint density at radius 2 is 1.04 bits per heavy atom. The van der Waals surface area contributed by atoms with E-state index in [0.717, 1.165) is 22.4 Å². The van der Waals surface area contributed by atoms with Crippen molar-refractivity contribution in [1.29, 1.82) is 0 Å². The molecule has 0 heterocycles. The van der Waals surface area contributed by atoms with E-state index in [4.69, 9.17) is 0 Å². The van der Waals surface area contributed by atoms with Crippen LogP contribution in [-0.2, 0) is 4.57 Å². The zero-order chi connectivity index (χ0) is 16.1. The van der Waals surface area contributed by atoms with Crippen molar-refractivity contribution in [2.24, 2.45) is 23.7 Å². The van der Waals surface area contributed by atoms with E-state index in [2.05, 4.69) is 48.5 Å². The van der Waals surface area contributed by atoms with Crippen molar-refractivity contribution in [2.75, 3.05) is 0 Å². The molecule has 0 aromatic heterocycles. The standard InChI is InChI=1S/C22H25OP/c23-24(20-7-3-1-4-8-20,21-9-5-2-6-10-21)22-18-12-16-11-17(14-18)15-19(22)13-16/h1-10,16-19,22H,11-15H2. The highest BCUT2D eigenvalue weighted by Crippen LogP contribution is 2.65. The molecule has 2 heteroatoms. The van der Waals surface area contributed by atoms with Crippen molar-refractivity contribution in [3.05, 3.63) is 60.7 Å². The monoisotopic (exact) mass is 336 g/mol. The average Bonchev–Trinajstić information content (AvgIpc) is 2.62. The van der Waals surface area contributed by atoms with Gasteiger partial charge in [-0.25, -0.2) is 0 Å². The van der Waals surface area contributed by atoms with Gasteiger partial charge in [0.1, 0.15) is 7.14 Å². The van der Waals surface area contributed by atoms with Gasteiger partial charge in [0.05, 0.1) is 0 Å². The molecule has 4 bridgehead atoms. The molecule has 4 saturated carbocycles. The predicted octanol–water partition coefficient (Wildman–Crippen LogP) is 4.83. The van der Waals surface area contributed by atoms with Gasteiger partial charge in [-0.2, -0.15) is 0 Å². The number of rotatable bonds is 3. The van der Waals surface area contributed by atoms with Gasteiger partial charge >= 0.3 is 0 Å². The van der Waals surface area contributed by atoms with Gasteiger partial charge in [-0.05, 0) is 55.8 Å². The van der Waals surface area contributed by atoms with Crippen LogP contribution in [0.5, 0.6) is 0 Å². The predicted molar refractivity (Wildman–Crippen MR) is 101 cm³/mol. The maximum Gasteiger partial charge on any atom is 0.146 e. The lowest BCUT2D eigenvalue weighted by atomic mass is 9.56. The molecule has 6 rings (SSSR count). The van der Waals surface area contributed by atoms with Crippen LogP contribution in [0.3, 0.4) is 0 Å². The second-order valence-electron chi connectivity index (χ2n) is 8.25. The molecule has 0 saturated heterocycles. The molecule has 4 fully saturated rings. The molecule has 1 nitrogen and oxygen atoms in total. The first-order valence-electron chi connectivity index (χ1n) is 9.46. The molecule has 24 heavy (non-hydrogen) atoms. The Kier molecular flexibility index (Phi) is 3.49. The summed E-state index contributed by atoms with van der Waals surface area (Å²) < 4.78 is 14.7. The molecule has 0 aliphatic heterocycles. The topological polar surface area (TPSA) is 17.1 Å². The van der Waals surface area contributed by atoms with E-state index in [1.807, 2.05) is 12.1 Å². The lowest BCUT2D eigenvalue weighted by Gasteiger charge is -2.56. The van der Waals surface area contributed by atoms with E-state index >= 15 is 0 Å². The summed E-state index contributed by atoms with van der Waals surface area (Å²) in [5.74, 6) is 3.19. The summed E-state index contributed by atoms with van der Waals surface area (Å²) >= 11 is 0. The Bertz CT molecular complexity index is 696. The van der Waals surface area contributed by atoms with Crippen LogP contribution in [0.15, 0.2) is 60.7 Å². The Morgan fingerprint density at radius 3 is 1.46 bits per heavy atom. The van der Waals surface area contributed by atoms with E-state index in [9.17, 15) is 4.57 Å². The second-order valence-corrected chi connectivity index (χ2v) is 11.2. The summed E-state index contributed by atoms with van der Waals surface area (Å²) in [6, 6.07) is 20.7.